The van der Waals surface area contributed by atoms with E-state index < -0.39 is 0 Å². The van der Waals surface area contributed by atoms with Gasteiger partial charge in [-0.2, -0.15) is 4.98 Å². The van der Waals surface area contributed by atoms with Crippen LogP contribution in [-0.2, 0) is 0 Å². The summed E-state index contributed by atoms with van der Waals surface area (Å²) in [7, 11) is 0. The van der Waals surface area contributed by atoms with E-state index in [0.717, 1.165) is 39.0 Å². The van der Waals surface area contributed by atoms with E-state index in [2.05, 4.69) is 49.5 Å². The Balaban J connectivity index is 1.48. The molecule has 130 valence electrons. The summed E-state index contributed by atoms with van der Waals surface area (Å²) in [6.07, 6.45) is 12.1. The summed E-state index contributed by atoms with van der Waals surface area (Å²) < 4.78 is 0. The molecule has 0 atom stereocenters. The molecule has 2 N–H and O–H groups in total. The Hall–Kier alpha value is -2.95. The number of nitrogens with one attached hydrogen (secondary N) is 2. The maximum atomic E-state index is 4.69. The lowest BCUT2D eigenvalue weighted by atomic mass is 9.96. The maximum absolute atomic E-state index is 4.69. The van der Waals surface area contributed by atoms with Crippen molar-refractivity contribution in [3.63, 3.8) is 0 Å². The van der Waals surface area contributed by atoms with Gasteiger partial charge in [-0.05, 0) is 36.6 Å². The summed E-state index contributed by atoms with van der Waals surface area (Å²) in [6, 6.07) is 10.9. The van der Waals surface area contributed by atoms with Crippen molar-refractivity contribution in [2.24, 2.45) is 0 Å². The standard InChI is InChI=1S/C21H21N5/c1-2-6-16(7-3-1)25-21-24-13-18-17(12-23-20(18)26-21)14-8-9-19-15(11-14)5-4-10-22-19/h4-5,8-13,16H,1-3,6-7H2,(H2,23,24,25,26). The van der Waals surface area contributed by atoms with Crippen LogP contribution >= 0.6 is 0 Å². The van der Waals surface area contributed by atoms with Crippen LogP contribution in [-0.4, -0.2) is 26.0 Å². The van der Waals surface area contributed by atoms with Gasteiger partial charge in [0.25, 0.3) is 0 Å². The smallest absolute Gasteiger partial charge is 0.224 e. The van der Waals surface area contributed by atoms with Gasteiger partial charge in [0.2, 0.25) is 5.95 Å². The van der Waals surface area contributed by atoms with Gasteiger partial charge in [-0.1, -0.05) is 31.4 Å². The molecule has 5 heteroatoms. The number of anilines is 1. The second-order valence-corrected chi connectivity index (χ2v) is 7.05. The molecule has 4 aromatic rings. The van der Waals surface area contributed by atoms with Crippen LogP contribution in [0.4, 0.5) is 5.95 Å². The molecule has 1 aliphatic rings. The molecule has 5 nitrogen and oxygen atoms in total. The third kappa shape index (κ3) is 2.79. The molecule has 0 spiro atoms. The quantitative estimate of drug-likeness (QED) is 0.554. The summed E-state index contributed by atoms with van der Waals surface area (Å²) in [5, 5.41) is 5.67. The van der Waals surface area contributed by atoms with E-state index in [-0.39, 0.29) is 0 Å². The van der Waals surface area contributed by atoms with Gasteiger partial charge in [0.05, 0.1) is 5.52 Å². The van der Waals surface area contributed by atoms with Gasteiger partial charge in [0.15, 0.2) is 0 Å². The number of hydrogen-bond donors (Lipinski definition) is 2. The van der Waals surface area contributed by atoms with Gasteiger partial charge in [0, 0.05) is 41.0 Å². The van der Waals surface area contributed by atoms with E-state index in [4.69, 9.17) is 0 Å². The zero-order valence-electron chi connectivity index (χ0n) is 14.6. The third-order valence-electron chi connectivity index (χ3n) is 5.28. The van der Waals surface area contributed by atoms with E-state index in [1.165, 1.54) is 32.1 Å². The van der Waals surface area contributed by atoms with Crippen LogP contribution in [0, 0.1) is 0 Å². The Morgan fingerprint density at radius 1 is 1.04 bits per heavy atom. The van der Waals surface area contributed by atoms with Gasteiger partial charge in [-0.25, -0.2) is 4.98 Å². The van der Waals surface area contributed by atoms with Crippen molar-refractivity contribution in [2.75, 3.05) is 5.32 Å². The van der Waals surface area contributed by atoms with Crippen molar-refractivity contribution in [2.45, 2.75) is 38.1 Å². The predicted octanol–water partition coefficient (Wildman–Crippen LogP) is 4.92. The van der Waals surface area contributed by atoms with Crippen molar-refractivity contribution < 1.29 is 0 Å². The van der Waals surface area contributed by atoms with Gasteiger partial charge in [-0.3, -0.25) is 4.98 Å². The summed E-state index contributed by atoms with van der Waals surface area (Å²) in [5.41, 5.74) is 4.15. The second kappa shape index (κ2) is 6.41. The highest BCUT2D eigenvalue weighted by molar-refractivity contribution is 5.96. The lowest BCUT2D eigenvalue weighted by molar-refractivity contribution is 0.461. The van der Waals surface area contributed by atoms with Gasteiger partial charge in [0.1, 0.15) is 5.65 Å². The molecule has 0 bridgehead atoms. The second-order valence-electron chi connectivity index (χ2n) is 7.05. The van der Waals surface area contributed by atoms with E-state index >= 15 is 0 Å². The summed E-state index contributed by atoms with van der Waals surface area (Å²) >= 11 is 0. The fourth-order valence-electron chi connectivity index (χ4n) is 3.89. The molecule has 1 aromatic carbocycles. The van der Waals surface area contributed by atoms with Crippen LogP contribution in [0.25, 0.3) is 33.1 Å². The van der Waals surface area contributed by atoms with Gasteiger partial charge in [-0.15, -0.1) is 0 Å². The number of H-pyrrole nitrogens is 1. The number of rotatable bonds is 3. The Morgan fingerprint density at radius 3 is 2.88 bits per heavy atom. The largest absolute Gasteiger partial charge is 0.351 e. The Morgan fingerprint density at radius 2 is 1.96 bits per heavy atom. The predicted molar refractivity (Wildman–Crippen MR) is 105 cm³/mol. The molecule has 1 saturated carbocycles. The van der Waals surface area contributed by atoms with E-state index in [0.29, 0.717) is 6.04 Å². The minimum Gasteiger partial charge on any atom is -0.351 e. The minimum absolute atomic E-state index is 0.503. The zero-order valence-corrected chi connectivity index (χ0v) is 14.6. The first-order valence-electron chi connectivity index (χ1n) is 9.33. The zero-order chi connectivity index (χ0) is 17.3. The molecule has 3 heterocycles. The number of fused-ring (bicyclic) bond motifs is 2. The van der Waals surface area contributed by atoms with E-state index in [1.54, 1.807) is 0 Å². The molecule has 0 aliphatic heterocycles. The van der Waals surface area contributed by atoms with Crippen LogP contribution in [0.3, 0.4) is 0 Å². The topological polar surface area (TPSA) is 66.5 Å². The molecule has 3 aromatic heterocycles. The minimum atomic E-state index is 0.503. The maximum Gasteiger partial charge on any atom is 0.224 e. The molecule has 1 aliphatic carbocycles. The van der Waals surface area contributed by atoms with Crippen molar-refractivity contribution in [3.8, 4) is 11.1 Å². The first-order chi connectivity index (χ1) is 12.9. The molecular formula is C21H21N5. The van der Waals surface area contributed by atoms with Crippen molar-refractivity contribution in [1.29, 1.82) is 0 Å². The van der Waals surface area contributed by atoms with Crippen molar-refractivity contribution in [1.82, 2.24) is 19.9 Å². The normalized spacial score (nSPS) is 15.5. The molecule has 5 rings (SSSR count). The summed E-state index contributed by atoms with van der Waals surface area (Å²) in [4.78, 5) is 17.0. The fourth-order valence-corrected chi connectivity index (χ4v) is 3.89. The fraction of sp³-hybridized carbons (Fsp3) is 0.286. The number of nitrogens with zero attached hydrogens (tertiary/aromatic N) is 3. The lowest BCUT2D eigenvalue weighted by Gasteiger charge is -2.22. The molecular weight excluding hydrogens is 322 g/mol. The van der Waals surface area contributed by atoms with E-state index in [1.807, 2.05) is 24.7 Å². The van der Waals surface area contributed by atoms with Crippen LogP contribution < -0.4 is 5.32 Å². The van der Waals surface area contributed by atoms with Crippen LogP contribution in [0.15, 0.2) is 48.9 Å². The highest BCUT2D eigenvalue weighted by atomic mass is 15.1. The van der Waals surface area contributed by atoms with Crippen LogP contribution in [0.2, 0.25) is 0 Å². The Bertz CT molecular complexity index is 1060. The van der Waals surface area contributed by atoms with E-state index in [9.17, 15) is 0 Å². The van der Waals surface area contributed by atoms with Crippen molar-refractivity contribution in [3.05, 3.63) is 48.9 Å². The first-order valence-corrected chi connectivity index (χ1v) is 9.33. The Kier molecular flexibility index (Phi) is 3.77. The average Bonchev–Trinajstić information content (AvgIpc) is 3.12. The number of pyridine rings is 1. The number of benzene rings is 1. The molecule has 0 amide bonds. The monoisotopic (exact) mass is 343 g/mol. The Labute approximate surface area is 151 Å². The highest BCUT2D eigenvalue weighted by Crippen LogP contribution is 2.30. The third-order valence-corrected chi connectivity index (χ3v) is 5.28. The lowest BCUT2D eigenvalue weighted by Crippen LogP contribution is -2.23. The summed E-state index contributed by atoms with van der Waals surface area (Å²) in [6.45, 7) is 0. The SMILES string of the molecule is c1cnc2ccc(-c3c[nH]c4nc(NC5CCCCC5)ncc34)cc2c1. The molecule has 0 unspecified atom stereocenters. The van der Waals surface area contributed by atoms with Crippen LogP contribution in [0.5, 0.6) is 0 Å². The number of aromatic amines is 1. The highest BCUT2D eigenvalue weighted by Gasteiger charge is 2.15. The average molecular weight is 343 g/mol. The molecule has 0 radical (unpaired) electrons. The first kappa shape index (κ1) is 15.3. The van der Waals surface area contributed by atoms with Gasteiger partial charge >= 0.3 is 0 Å². The van der Waals surface area contributed by atoms with Gasteiger partial charge < -0.3 is 10.3 Å². The molecule has 1 fully saturated rings. The molecule has 26 heavy (non-hydrogen) atoms. The number of aromatic nitrogens is 4. The molecule has 0 saturated heterocycles. The number of hydrogen-bond acceptors (Lipinski definition) is 4. The van der Waals surface area contributed by atoms with Crippen LogP contribution in [0.1, 0.15) is 32.1 Å². The van der Waals surface area contributed by atoms with Crippen molar-refractivity contribution >= 4 is 27.9 Å². The summed E-state index contributed by atoms with van der Waals surface area (Å²) in [5.74, 6) is 0.723.